The van der Waals surface area contributed by atoms with Crippen LogP contribution in [0.15, 0.2) is 24.3 Å². The molecule has 1 saturated heterocycles. The van der Waals surface area contributed by atoms with Gasteiger partial charge in [0.05, 0.1) is 27.4 Å². The molecule has 1 aliphatic heterocycles. The molecule has 36 heavy (non-hydrogen) atoms. The van der Waals surface area contributed by atoms with Gasteiger partial charge in [-0.25, -0.2) is 4.79 Å². The minimum atomic E-state index is -1.12. The Labute approximate surface area is 225 Å². The maximum absolute atomic E-state index is 13.8. The van der Waals surface area contributed by atoms with E-state index in [2.05, 4.69) is 10.6 Å². The Bertz CT molecular complexity index is 1170. The lowest BCUT2D eigenvalue weighted by Crippen LogP contribution is -2.65. The minimum absolute atomic E-state index is 0.204. The highest BCUT2D eigenvalue weighted by molar-refractivity contribution is 7.16. The van der Waals surface area contributed by atoms with E-state index in [1.54, 1.807) is 49.9 Å². The van der Waals surface area contributed by atoms with Crippen LogP contribution in [-0.4, -0.2) is 64.0 Å². The fourth-order valence-corrected chi connectivity index (χ4v) is 5.42. The summed E-state index contributed by atoms with van der Waals surface area (Å²) >= 11 is 13.5. The molecule has 1 unspecified atom stereocenters. The third-order valence-electron chi connectivity index (χ3n) is 5.94. The lowest BCUT2D eigenvalue weighted by Gasteiger charge is -2.46. The number of aliphatic hydroxyl groups is 1. The Morgan fingerprint density at radius 1 is 1.19 bits per heavy atom. The van der Waals surface area contributed by atoms with Crippen molar-refractivity contribution in [2.75, 3.05) is 30.3 Å². The molecule has 1 aromatic heterocycles. The van der Waals surface area contributed by atoms with Crippen LogP contribution in [0.4, 0.5) is 15.5 Å². The van der Waals surface area contributed by atoms with E-state index in [0.29, 0.717) is 34.4 Å². The lowest BCUT2D eigenvalue weighted by molar-refractivity contribution is -0.147. The molecule has 0 spiro atoms. The number of anilines is 2. The molecule has 3 N–H and O–H groups in total. The molecule has 1 aliphatic rings. The summed E-state index contributed by atoms with van der Waals surface area (Å²) in [6.45, 7) is 11.9. The summed E-state index contributed by atoms with van der Waals surface area (Å²) < 4.78 is 0. The fraction of sp³-hybridized carbons (Fsp3) is 0.480. The molecule has 8 nitrogen and oxygen atoms in total. The molecule has 0 saturated carbocycles. The van der Waals surface area contributed by atoms with Gasteiger partial charge in [0.25, 0.3) is 5.91 Å². The minimum Gasteiger partial charge on any atom is -0.392 e. The second-order valence-electron chi connectivity index (χ2n) is 10.4. The number of aliphatic hydroxyl groups excluding tert-OH is 1. The van der Waals surface area contributed by atoms with E-state index in [1.807, 2.05) is 20.8 Å². The number of hydrogen-bond donors (Lipinski definition) is 3. The van der Waals surface area contributed by atoms with Gasteiger partial charge in [-0.2, -0.15) is 0 Å². The van der Waals surface area contributed by atoms with Crippen LogP contribution in [0, 0.1) is 0 Å². The monoisotopic (exact) mass is 554 g/mol. The number of nitrogens with one attached hydrogen (secondary N) is 2. The standard InChI is InChI=1S/C25H32Cl2N4O4S/c1-14(32)13-30-10-11-31(25(5,6)22(30)34)21(33)15-12-18(24(2,3)4)36-20(15)29-23(35)28-17-9-7-8-16(26)19(17)27/h7-9,12,14,32H,10-11,13H2,1-6H3,(H2,28,29,35). The van der Waals surface area contributed by atoms with Crippen LogP contribution in [-0.2, 0) is 10.2 Å². The van der Waals surface area contributed by atoms with Gasteiger partial charge in [0.1, 0.15) is 10.5 Å². The van der Waals surface area contributed by atoms with Gasteiger partial charge in [0.2, 0.25) is 5.91 Å². The molecule has 196 valence electrons. The number of rotatable bonds is 5. The second-order valence-corrected chi connectivity index (χ2v) is 12.2. The number of halogens is 2. The SMILES string of the molecule is CC(O)CN1CCN(C(=O)c2cc(C(C)(C)C)sc2NC(=O)Nc2cccc(Cl)c2Cl)C(C)(C)C1=O. The molecular formula is C25H32Cl2N4O4S. The van der Waals surface area contributed by atoms with Crippen molar-refractivity contribution in [3.8, 4) is 0 Å². The Hall–Kier alpha value is -2.33. The van der Waals surface area contributed by atoms with Crippen molar-refractivity contribution in [1.29, 1.82) is 0 Å². The molecule has 2 aromatic rings. The topological polar surface area (TPSA) is 102 Å². The van der Waals surface area contributed by atoms with Gasteiger partial charge in [0.15, 0.2) is 0 Å². The third-order valence-corrected chi connectivity index (χ3v) is 8.23. The van der Waals surface area contributed by atoms with Crippen molar-refractivity contribution in [3.63, 3.8) is 0 Å². The van der Waals surface area contributed by atoms with Crippen LogP contribution >= 0.6 is 34.5 Å². The Morgan fingerprint density at radius 2 is 1.86 bits per heavy atom. The summed E-state index contributed by atoms with van der Waals surface area (Å²) in [7, 11) is 0. The summed E-state index contributed by atoms with van der Waals surface area (Å²) in [6, 6.07) is 6.10. The van der Waals surface area contributed by atoms with Crippen molar-refractivity contribution >= 4 is 63.1 Å². The summed E-state index contributed by atoms with van der Waals surface area (Å²) in [6.07, 6.45) is -0.666. The van der Waals surface area contributed by atoms with E-state index >= 15 is 0 Å². The van der Waals surface area contributed by atoms with Crippen molar-refractivity contribution in [2.24, 2.45) is 0 Å². The molecule has 1 atom stereocenters. The summed E-state index contributed by atoms with van der Waals surface area (Å²) in [5.74, 6) is -0.593. The number of carbonyl (C=O) groups excluding carboxylic acids is 3. The van der Waals surface area contributed by atoms with Crippen LogP contribution in [0.25, 0.3) is 0 Å². The van der Waals surface area contributed by atoms with Crippen LogP contribution in [0.2, 0.25) is 10.0 Å². The zero-order valence-electron chi connectivity index (χ0n) is 21.2. The van der Waals surface area contributed by atoms with Crippen molar-refractivity contribution in [3.05, 3.63) is 44.8 Å². The fourth-order valence-electron chi connectivity index (χ4n) is 3.97. The smallest absolute Gasteiger partial charge is 0.324 e. The van der Waals surface area contributed by atoms with E-state index in [4.69, 9.17) is 23.2 Å². The molecule has 0 aliphatic carbocycles. The van der Waals surface area contributed by atoms with Crippen LogP contribution < -0.4 is 10.6 Å². The Morgan fingerprint density at radius 3 is 2.47 bits per heavy atom. The van der Waals surface area contributed by atoms with E-state index in [0.717, 1.165) is 4.88 Å². The number of thiophene rings is 1. The van der Waals surface area contributed by atoms with E-state index in [1.165, 1.54) is 16.2 Å². The zero-order valence-corrected chi connectivity index (χ0v) is 23.6. The first-order valence-electron chi connectivity index (χ1n) is 11.6. The van der Waals surface area contributed by atoms with Crippen molar-refractivity contribution in [2.45, 2.75) is 58.6 Å². The highest BCUT2D eigenvalue weighted by Crippen LogP contribution is 2.38. The first kappa shape index (κ1) is 28.2. The third kappa shape index (κ3) is 5.96. The number of benzene rings is 1. The quantitative estimate of drug-likeness (QED) is 0.457. The maximum Gasteiger partial charge on any atom is 0.324 e. The number of nitrogens with zero attached hydrogens (tertiary/aromatic N) is 2. The number of carbonyl (C=O) groups is 3. The number of urea groups is 1. The summed E-state index contributed by atoms with van der Waals surface area (Å²) in [5.41, 5.74) is -0.750. The molecule has 2 heterocycles. The van der Waals surface area contributed by atoms with Gasteiger partial charge in [-0.3, -0.25) is 14.9 Å². The van der Waals surface area contributed by atoms with Crippen molar-refractivity contribution < 1.29 is 19.5 Å². The molecule has 0 radical (unpaired) electrons. The van der Waals surface area contributed by atoms with E-state index < -0.39 is 17.7 Å². The zero-order chi connectivity index (χ0) is 27.0. The largest absolute Gasteiger partial charge is 0.392 e. The second kappa shape index (κ2) is 10.6. The summed E-state index contributed by atoms with van der Waals surface area (Å²) in [4.78, 5) is 43.8. The highest BCUT2D eigenvalue weighted by Gasteiger charge is 2.45. The van der Waals surface area contributed by atoms with Gasteiger partial charge in [-0.05, 0) is 44.4 Å². The van der Waals surface area contributed by atoms with Gasteiger partial charge in [-0.1, -0.05) is 50.0 Å². The first-order chi connectivity index (χ1) is 16.6. The average Bonchev–Trinajstić information content (AvgIpc) is 3.18. The predicted octanol–water partition coefficient (Wildman–Crippen LogP) is 5.44. The number of β-amino-alcohol motifs (C(OH)–C–C–N with tert-alkyl or cyclic N) is 1. The molecule has 1 fully saturated rings. The van der Waals surface area contributed by atoms with E-state index in [9.17, 15) is 19.5 Å². The first-order valence-corrected chi connectivity index (χ1v) is 13.2. The van der Waals surface area contributed by atoms with Gasteiger partial charge in [-0.15, -0.1) is 11.3 Å². The molecule has 1 aromatic carbocycles. The van der Waals surface area contributed by atoms with Crippen LogP contribution in [0.3, 0.4) is 0 Å². The molecule has 4 amide bonds. The molecule has 3 rings (SSSR count). The normalized spacial score (nSPS) is 16.6. The number of hydrogen-bond acceptors (Lipinski definition) is 5. The predicted molar refractivity (Wildman–Crippen MR) is 145 cm³/mol. The van der Waals surface area contributed by atoms with Gasteiger partial charge < -0.3 is 20.2 Å². The lowest BCUT2D eigenvalue weighted by atomic mass is 9.93. The molecule has 0 bridgehead atoms. The van der Waals surface area contributed by atoms with Crippen molar-refractivity contribution in [1.82, 2.24) is 9.80 Å². The Balaban J connectivity index is 1.90. The number of piperazine rings is 1. The van der Waals surface area contributed by atoms with Gasteiger partial charge in [0, 0.05) is 24.5 Å². The van der Waals surface area contributed by atoms with Gasteiger partial charge >= 0.3 is 6.03 Å². The van der Waals surface area contributed by atoms with Crippen LogP contribution in [0.5, 0.6) is 0 Å². The molecule has 11 heteroatoms. The van der Waals surface area contributed by atoms with Crippen LogP contribution in [0.1, 0.15) is 56.8 Å². The average molecular weight is 556 g/mol. The Kier molecular flexibility index (Phi) is 8.30. The molecular weight excluding hydrogens is 523 g/mol. The highest BCUT2D eigenvalue weighted by atomic mass is 35.5. The summed E-state index contributed by atoms with van der Waals surface area (Å²) in [5, 5.41) is 16.1. The number of amides is 4. The maximum atomic E-state index is 13.8. The van der Waals surface area contributed by atoms with E-state index in [-0.39, 0.29) is 28.8 Å².